The van der Waals surface area contributed by atoms with Gasteiger partial charge in [-0.15, -0.1) is 0 Å². The second-order valence-corrected chi connectivity index (χ2v) is 3.84. The van der Waals surface area contributed by atoms with Crippen molar-refractivity contribution in [1.29, 1.82) is 0 Å². The molecule has 0 saturated heterocycles. The Bertz CT molecular complexity index is 292. The molecule has 0 aliphatic heterocycles. The molecule has 0 heterocycles. The van der Waals surface area contributed by atoms with E-state index in [0.29, 0.717) is 0 Å². The molecule has 1 aromatic carbocycles. The molecule has 0 fully saturated rings. The van der Waals surface area contributed by atoms with Crippen molar-refractivity contribution in [3.8, 4) is 0 Å². The van der Waals surface area contributed by atoms with Gasteiger partial charge in [-0.05, 0) is 30.2 Å². The molecule has 0 amide bonds. The molecule has 0 N–H and O–H groups in total. The fourth-order valence-electron chi connectivity index (χ4n) is 0.979. The summed E-state index contributed by atoms with van der Waals surface area (Å²) in [6, 6.07) is 5.86. The highest BCUT2D eigenvalue weighted by molar-refractivity contribution is 7.80. The van der Waals surface area contributed by atoms with Crippen molar-refractivity contribution in [2.75, 3.05) is 0 Å². The molecule has 1 rings (SSSR count). The first-order valence-electron chi connectivity index (χ1n) is 3.75. The van der Waals surface area contributed by atoms with Gasteiger partial charge in [0.1, 0.15) is 0 Å². The lowest BCUT2D eigenvalue weighted by Crippen LogP contribution is -1.85. The Hall–Kier alpha value is -0.400. The third-order valence-corrected chi connectivity index (χ3v) is 2.36. The molecule has 12 heavy (non-hydrogen) atoms. The van der Waals surface area contributed by atoms with Crippen LogP contribution in [0.3, 0.4) is 0 Å². The molecule has 0 aromatic heterocycles. The summed E-state index contributed by atoms with van der Waals surface area (Å²) in [6.07, 6.45) is 1.75. The molecule has 2 heteroatoms. The van der Waals surface area contributed by atoms with Crippen molar-refractivity contribution in [1.82, 2.24) is 0 Å². The normalized spacial score (nSPS) is 12.6. The zero-order chi connectivity index (χ0) is 9.14. The first-order valence-corrected chi connectivity index (χ1v) is 4.64. The van der Waals surface area contributed by atoms with E-state index in [2.05, 4.69) is 19.2 Å². The molecule has 1 atom stereocenters. The lowest BCUT2D eigenvalue weighted by atomic mass is 10.1. The first kappa shape index (κ1) is 9.69. The lowest BCUT2D eigenvalue weighted by molar-refractivity contribution is 1.11. The molecule has 64 valence electrons. The first-order chi connectivity index (χ1) is 5.65. The molecule has 0 saturated carbocycles. The highest BCUT2D eigenvalue weighted by atomic mass is 35.5. The fraction of sp³-hybridized carbons (Fsp3) is 0.200. The van der Waals surface area contributed by atoms with E-state index in [9.17, 15) is 0 Å². The Morgan fingerprint density at radius 3 is 2.75 bits per heavy atom. The van der Waals surface area contributed by atoms with E-state index < -0.39 is 0 Å². The van der Waals surface area contributed by atoms with Crippen molar-refractivity contribution in [2.24, 2.45) is 0 Å². The van der Waals surface area contributed by atoms with Crippen LogP contribution in [0.15, 0.2) is 24.8 Å². The third-order valence-electron chi connectivity index (χ3n) is 1.72. The number of benzene rings is 1. The second-order valence-electron chi connectivity index (χ2n) is 2.66. The van der Waals surface area contributed by atoms with Crippen LogP contribution in [-0.2, 0) is 0 Å². The molecule has 0 nitrogen and oxygen atoms in total. The van der Waals surface area contributed by atoms with Crippen LogP contribution in [0, 0.1) is 0 Å². The Morgan fingerprint density at radius 2 is 2.25 bits per heavy atom. The van der Waals surface area contributed by atoms with E-state index in [1.807, 2.05) is 25.1 Å². The summed E-state index contributed by atoms with van der Waals surface area (Å²) < 4.78 is 0. The molecule has 1 aromatic rings. The predicted molar refractivity (Wildman–Crippen MR) is 58.9 cm³/mol. The zero-order valence-electron chi connectivity index (χ0n) is 6.92. The Balaban J connectivity index is 3.13. The minimum Gasteiger partial charge on any atom is -0.171 e. The van der Waals surface area contributed by atoms with Crippen LogP contribution in [0.5, 0.6) is 0 Å². The largest absolute Gasteiger partial charge is 0.171 e. The Kier molecular flexibility index (Phi) is 3.24. The maximum Gasteiger partial charge on any atom is 0.0478 e. The minimum atomic E-state index is 0.237. The van der Waals surface area contributed by atoms with Gasteiger partial charge in [-0.1, -0.05) is 30.3 Å². The highest BCUT2D eigenvalue weighted by Gasteiger charge is 2.02. The van der Waals surface area contributed by atoms with Gasteiger partial charge in [0.15, 0.2) is 0 Å². The smallest absolute Gasteiger partial charge is 0.0478 e. The van der Waals surface area contributed by atoms with Crippen LogP contribution in [0.2, 0.25) is 5.02 Å². The van der Waals surface area contributed by atoms with E-state index in [1.165, 1.54) is 0 Å². The van der Waals surface area contributed by atoms with Gasteiger partial charge < -0.3 is 0 Å². The molecule has 1 unspecified atom stereocenters. The minimum absolute atomic E-state index is 0.237. The highest BCUT2D eigenvalue weighted by Crippen LogP contribution is 2.24. The number of rotatable bonds is 2. The average Bonchev–Trinajstić information content (AvgIpc) is 2.05. The molecule has 0 radical (unpaired) electrons. The average molecular weight is 199 g/mol. The van der Waals surface area contributed by atoms with E-state index in [4.69, 9.17) is 11.6 Å². The summed E-state index contributed by atoms with van der Waals surface area (Å²) >= 11 is 10.2. The van der Waals surface area contributed by atoms with Crippen LogP contribution in [0.1, 0.15) is 23.3 Å². The van der Waals surface area contributed by atoms with Crippen molar-refractivity contribution in [2.45, 2.75) is 12.2 Å². The molecular formula is C10H11ClS. The maximum absolute atomic E-state index is 5.90. The van der Waals surface area contributed by atoms with Crippen LogP contribution in [-0.4, -0.2) is 0 Å². The standard InChI is InChI=1S/C10H11ClS/c1-3-8-6-9(7(2)12)4-5-10(8)11/h3-7,12H,1H2,2H3. The summed E-state index contributed by atoms with van der Waals surface area (Å²) in [5, 5.41) is 0.976. The van der Waals surface area contributed by atoms with Crippen molar-refractivity contribution >= 4 is 30.3 Å². The summed E-state index contributed by atoms with van der Waals surface area (Å²) in [4.78, 5) is 0. The number of hydrogen-bond acceptors (Lipinski definition) is 1. The molecule has 0 bridgehead atoms. The van der Waals surface area contributed by atoms with Crippen LogP contribution in [0.4, 0.5) is 0 Å². The molecule has 0 aliphatic carbocycles. The Morgan fingerprint density at radius 1 is 1.58 bits per heavy atom. The summed E-state index contributed by atoms with van der Waals surface area (Å²) in [6.45, 7) is 5.71. The van der Waals surface area contributed by atoms with Gasteiger partial charge in [-0.25, -0.2) is 0 Å². The SMILES string of the molecule is C=Cc1cc(C(C)S)ccc1Cl. The van der Waals surface area contributed by atoms with E-state index in [1.54, 1.807) is 6.08 Å². The van der Waals surface area contributed by atoms with Gasteiger partial charge in [0.2, 0.25) is 0 Å². The van der Waals surface area contributed by atoms with Gasteiger partial charge in [0.25, 0.3) is 0 Å². The van der Waals surface area contributed by atoms with E-state index >= 15 is 0 Å². The van der Waals surface area contributed by atoms with Crippen molar-refractivity contribution in [3.05, 3.63) is 40.9 Å². The lowest BCUT2D eigenvalue weighted by Gasteiger charge is -2.06. The summed E-state index contributed by atoms with van der Waals surface area (Å²) in [5.41, 5.74) is 2.13. The van der Waals surface area contributed by atoms with Gasteiger partial charge in [-0.3, -0.25) is 0 Å². The Labute approximate surface area is 83.7 Å². The number of hydrogen-bond donors (Lipinski definition) is 1. The molecule has 0 spiro atoms. The quantitative estimate of drug-likeness (QED) is 0.683. The monoisotopic (exact) mass is 198 g/mol. The fourth-order valence-corrected chi connectivity index (χ4v) is 1.33. The van der Waals surface area contributed by atoms with Gasteiger partial charge >= 0.3 is 0 Å². The second kappa shape index (κ2) is 4.01. The van der Waals surface area contributed by atoms with Gasteiger partial charge in [-0.2, -0.15) is 12.6 Å². The van der Waals surface area contributed by atoms with E-state index in [-0.39, 0.29) is 5.25 Å². The maximum atomic E-state index is 5.90. The zero-order valence-corrected chi connectivity index (χ0v) is 8.57. The third kappa shape index (κ3) is 2.05. The van der Waals surface area contributed by atoms with Gasteiger partial charge in [0, 0.05) is 10.3 Å². The predicted octanol–water partition coefficient (Wildman–Crippen LogP) is 3.97. The summed E-state index contributed by atoms with van der Waals surface area (Å²) in [5.74, 6) is 0. The van der Waals surface area contributed by atoms with Crippen molar-refractivity contribution < 1.29 is 0 Å². The van der Waals surface area contributed by atoms with Crippen LogP contribution in [0.25, 0.3) is 6.08 Å². The van der Waals surface area contributed by atoms with E-state index in [0.717, 1.165) is 16.1 Å². The van der Waals surface area contributed by atoms with Gasteiger partial charge in [0.05, 0.1) is 0 Å². The van der Waals surface area contributed by atoms with Crippen molar-refractivity contribution in [3.63, 3.8) is 0 Å². The molecule has 0 aliphatic rings. The number of thiol groups is 1. The summed E-state index contributed by atoms with van der Waals surface area (Å²) in [7, 11) is 0. The molecular weight excluding hydrogens is 188 g/mol. The topological polar surface area (TPSA) is 0 Å². The van der Waals surface area contributed by atoms with Crippen LogP contribution < -0.4 is 0 Å². The number of halogens is 1. The van der Waals surface area contributed by atoms with Crippen LogP contribution >= 0.6 is 24.2 Å².